The fraction of sp³-hybridized carbons (Fsp3) is 0.550. The second-order valence-corrected chi connectivity index (χ2v) is 10.7. The SMILES string of the molecule is Cc1ncc(CN2c3ccc(Cl)cc3CN(S(=O)(=O)C(F)(F)F)CC2CCC2CC2)[nH]1. The Bertz CT molecular complexity index is 1050. The van der Waals surface area contributed by atoms with E-state index in [4.69, 9.17) is 11.6 Å². The standard InChI is InChI=1S/C20H24ClF3N4O2S/c1-13-25-9-17(26-13)11-28-18(6-4-14-2-3-14)12-27(31(29,30)20(22,23)24)10-15-8-16(21)5-7-19(15)28/h5,7-9,14,18H,2-4,6,10-12H2,1H3,(H,25,26). The molecule has 0 spiro atoms. The van der Waals surface area contributed by atoms with Crippen molar-refractivity contribution in [1.29, 1.82) is 0 Å². The minimum Gasteiger partial charge on any atom is -0.361 e. The van der Waals surface area contributed by atoms with Crippen LogP contribution in [0.4, 0.5) is 18.9 Å². The molecule has 2 aromatic rings. The number of hydrogen-bond donors (Lipinski definition) is 1. The summed E-state index contributed by atoms with van der Waals surface area (Å²) in [5.74, 6) is 1.30. The Hall–Kier alpha value is -1.78. The van der Waals surface area contributed by atoms with E-state index in [1.807, 2.05) is 11.8 Å². The van der Waals surface area contributed by atoms with Gasteiger partial charge in [0.25, 0.3) is 0 Å². The first-order chi connectivity index (χ1) is 14.5. The second-order valence-electron chi connectivity index (χ2n) is 8.31. The van der Waals surface area contributed by atoms with Crippen LogP contribution in [0, 0.1) is 12.8 Å². The first kappa shape index (κ1) is 22.4. The number of fused-ring (bicyclic) bond motifs is 1. The molecule has 170 valence electrons. The Kier molecular flexibility index (Phi) is 5.99. The summed E-state index contributed by atoms with van der Waals surface area (Å²) in [6.45, 7) is 1.58. The molecule has 1 fully saturated rings. The average Bonchev–Trinajstić information content (AvgIpc) is 3.43. The fourth-order valence-corrected chi connectivity index (χ4v) is 5.27. The normalized spacial score (nSPS) is 20.5. The van der Waals surface area contributed by atoms with Gasteiger partial charge in [0.15, 0.2) is 0 Å². The second kappa shape index (κ2) is 8.29. The van der Waals surface area contributed by atoms with Crippen LogP contribution in [0.1, 0.15) is 42.8 Å². The zero-order chi connectivity index (χ0) is 22.4. The largest absolute Gasteiger partial charge is 0.511 e. The number of benzene rings is 1. The summed E-state index contributed by atoms with van der Waals surface area (Å²) < 4.78 is 65.5. The molecule has 1 aliphatic heterocycles. The van der Waals surface area contributed by atoms with Crippen LogP contribution in [-0.4, -0.2) is 40.8 Å². The summed E-state index contributed by atoms with van der Waals surface area (Å²) in [6, 6.07) is 4.57. The van der Waals surface area contributed by atoms with Gasteiger partial charge in [0.05, 0.1) is 18.4 Å². The van der Waals surface area contributed by atoms with Crippen LogP contribution >= 0.6 is 11.6 Å². The smallest absolute Gasteiger partial charge is 0.361 e. The van der Waals surface area contributed by atoms with E-state index in [0.717, 1.165) is 30.8 Å². The molecule has 1 saturated carbocycles. The molecule has 0 amide bonds. The number of aryl methyl sites for hydroxylation is 1. The number of aromatic amines is 1. The van der Waals surface area contributed by atoms with Crippen LogP contribution in [-0.2, 0) is 23.1 Å². The molecule has 2 heterocycles. The topological polar surface area (TPSA) is 69.3 Å². The highest BCUT2D eigenvalue weighted by atomic mass is 35.5. The summed E-state index contributed by atoms with van der Waals surface area (Å²) in [7, 11) is -5.48. The first-order valence-electron chi connectivity index (χ1n) is 10.2. The summed E-state index contributed by atoms with van der Waals surface area (Å²) in [5.41, 5.74) is -3.41. The van der Waals surface area contributed by atoms with Crippen LogP contribution < -0.4 is 4.90 Å². The molecule has 11 heteroatoms. The maximum absolute atomic E-state index is 13.4. The maximum Gasteiger partial charge on any atom is 0.511 e. The molecule has 4 rings (SSSR count). The predicted octanol–water partition coefficient (Wildman–Crippen LogP) is 4.60. The molecule has 31 heavy (non-hydrogen) atoms. The van der Waals surface area contributed by atoms with Gasteiger partial charge >= 0.3 is 15.5 Å². The number of hydrogen-bond acceptors (Lipinski definition) is 4. The lowest BCUT2D eigenvalue weighted by Gasteiger charge is -2.34. The molecule has 1 aromatic heterocycles. The molecule has 0 radical (unpaired) electrons. The van der Waals surface area contributed by atoms with Crippen molar-refractivity contribution >= 4 is 27.3 Å². The Labute approximate surface area is 184 Å². The van der Waals surface area contributed by atoms with Crippen molar-refractivity contribution in [2.45, 2.75) is 57.2 Å². The number of H-pyrrole nitrogens is 1. The van der Waals surface area contributed by atoms with Gasteiger partial charge in [-0.25, -0.2) is 13.4 Å². The third-order valence-corrected chi connectivity index (χ3v) is 7.66. The number of rotatable bonds is 6. The lowest BCUT2D eigenvalue weighted by Crippen LogP contribution is -2.47. The fourth-order valence-electron chi connectivity index (χ4n) is 4.11. The molecule has 1 aromatic carbocycles. The summed E-state index contributed by atoms with van der Waals surface area (Å²) in [4.78, 5) is 9.36. The minimum atomic E-state index is -5.48. The van der Waals surface area contributed by atoms with Crippen molar-refractivity contribution in [2.24, 2.45) is 5.92 Å². The molecule has 0 saturated heterocycles. The van der Waals surface area contributed by atoms with E-state index in [1.165, 1.54) is 0 Å². The van der Waals surface area contributed by atoms with E-state index >= 15 is 0 Å². The number of halogens is 4. The highest BCUT2D eigenvalue weighted by Crippen LogP contribution is 2.39. The number of imidazole rings is 1. The molecule has 0 bridgehead atoms. The monoisotopic (exact) mass is 476 g/mol. The van der Waals surface area contributed by atoms with E-state index in [-0.39, 0.29) is 13.1 Å². The zero-order valence-electron chi connectivity index (χ0n) is 17.0. The van der Waals surface area contributed by atoms with Gasteiger partial charge in [0, 0.05) is 29.8 Å². The number of anilines is 1. The molecule has 2 aliphatic rings. The predicted molar refractivity (Wildman–Crippen MR) is 112 cm³/mol. The van der Waals surface area contributed by atoms with Gasteiger partial charge in [-0.05, 0) is 49.4 Å². The van der Waals surface area contributed by atoms with Gasteiger partial charge in [-0.1, -0.05) is 24.4 Å². The third-order valence-electron chi connectivity index (χ3n) is 5.89. The number of nitrogens with zero attached hydrogens (tertiary/aromatic N) is 3. The highest BCUT2D eigenvalue weighted by molar-refractivity contribution is 7.89. The quantitative estimate of drug-likeness (QED) is 0.661. The third kappa shape index (κ3) is 4.85. The van der Waals surface area contributed by atoms with Gasteiger partial charge in [-0.3, -0.25) is 0 Å². The van der Waals surface area contributed by atoms with Crippen LogP contribution in [0.3, 0.4) is 0 Å². The number of aromatic nitrogens is 2. The molecule has 1 unspecified atom stereocenters. The van der Waals surface area contributed by atoms with Gasteiger partial charge in [0.1, 0.15) is 5.82 Å². The summed E-state index contributed by atoms with van der Waals surface area (Å²) in [6.07, 6.45) is 5.38. The van der Waals surface area contributed by atoms with Crippen molar-refractivity contribution in [2.75, 3.05) is 11.4 Å². The molecule has 1 aliphatic carbocycles. The van der Waals surface area contributed by atoms with Gasteiger partial charge in [-0.15, -0.1) is 0 Å². The van der Waals surface area contributed by atoms with Crippen molar-refractivity contribution in [3.63, 3.8) is 0 Å². The average molecular weight is 477 g/mol. The molecule has 1 atom stereocenters. The van der Waals surface area contributed by atoms with Gasteiger partial charge in [0.2, 0.25) is 0 Å². The van der Waals surface area contributed by atoms with E-state index in [0.29, 0.717) is 39.5 Å². The van der Waals surface area contributed by atoms with Crippen molar-refractivity contribution in [3.05, 3.63) is 46.5 Å². The number of sulfonamides is 1. The molecule has 1 N–H and O–H groups in total. The van der Waals surface area contributed by atoms with Crippen LogP contribution in [0.25, 0.3) is 0 Å². The van der Waals surface area contributed by atoms with Crippen molar-refractivity contribution in [1.82, 2.24) is 14.3 Å². The van der Waals surface area contributed by atoms with E-state index in [1.54, 1.807) is 24.4 Å². The summed E-state index contributed by atoms with van der Waals surface area (Å²) >= 11 is 6.12. The Morgan fingerprint density at radius 1 is 1.26 bits per heavy atom. The Morgan fingerprint density at radius 2 is 2.00 bits per heavy atom. The minimum absolute atomic E-state index is 0.242. The lowest BCUT2D eigenvalue weighted by atomic mass is 10.1. The van der Waals surface area contributed by atoms with Crippen molar-refractivity contribution < 1.29 is 21.6 Å². The number of nitrogens with one attached hydrogen (secondary N) is 1. The zero-order valence-corrected chi connectivity index (χ0v) is 18.6. The maximum atomic E-state index is 13.4. The number of alkyl halides is 3. The molecule has 6 nitrogen and oxygen atoms in total. The van der Waals surface area contributed by atoms with E-state index in [9.17, 15) is 21.6 Å². The van der Waals surface area contributed by atoms with Gasteiger partial charge in [-0.2, -0.15) is 17.5 Å². The highest BCUT2D eigenvalue weighted by Gasteiger charge is 2.51. The molecular weight excluding hydrogens is 453 g/mol. The molecular formula is C20H24ClF3N4O2S. The lowest BCUT2D eigenvalue weighted by molar-refractivity contribution is -0.0492. The van der Waals surface area contributed by atoms with E-state index in [2.05, 4.69) is 9.97 Å². The Balaban J connectivity index is 1.76. The first-order valence-corrected chi connectivity index (χ1v) is 12.0. The van der Waals surface area contributed by atoms with Crippen LogP contribution in [0.2, 0.25) is 5.02 Å². The van der Waals surface area contributed by atoms with Crippen LogP contribution in [0.15, 0.2) is 24.4 Å². The Morgan fingerprint density at radius 3 is 2.61 bits per heavy atom. The van der Waals surface area contributed by atoms with E-state index < -0.39 is 21.6 Å². The van der Waals surface area contributed by atoms with Crippen molar-refractivity contribution in [3.8, 4) is 0 Å². The van der Waals surface area contributed by atoms with Crippen LogP contribution in [0.5, 0.6) is 0 Å². The summed E-state index contributed by atoms with van der Waals surface area (Å²) in [5, 5.41) is 0.344. The van der Waals surface area contributed by atoms with Gasteiger partial charge < -0.3 is 9.88 Å².